The van der Waals surface area contributed by atoms with Gasteiger partial charge in [-0.3, -0.25) is 9.36 Å². The molecule has 0 unspecified atom stereocenters. The molecule has 5 aromatic rings. The number of para-hydroxylation sites is 1. The number of fused-ring (bicyclic) bond motifs is 2. The zero-order valence-corrected chi connectivity index (χ0v) is 18.3. The minimum absolute atomic E-state index is 0. The maximum absolute atomic E-state index is 13.5. The van der Waals surface area contributed by atoms with E-state index in [0.717, 1.165) is 16.8 Å². The molecule has 3 heterocycles. The van der Waals surface area contributed by atoms with Crippen molar-refractivity contribution in [2.75, 3.05) is 5.32 Å². The summed E-state index contributed by atoms with van der Waals surface area (Å²) >= 11 is 6.38. The minimum atomic E-state index is -0.248. The Morgan fingerprint density at radius 2 is 1.87 bits per heavy atom. The second-order valence-corrected chi connectivity index (χ2v) is 7.35. The molecule has 31 heavy (non-hydrogen) atoms. The molecule has 0 saturated heterocycles. The SMILES string of the molecule is C[C@H](Nc1ncnc2nc[nH]c12)c1cc2cccc(Cl)c2c(=O)n1-c1ccccc1.S. The largest absolute Gasteiger partial charge is 0.360 e. The Morgan fingerprint density at radius 3 is 2.68 bits per heavy atom. The maximum Gasteiger partial charge on any atom is 0.264 e. The van der Waals surface area contributed by atoms with Crippen LogP contribution in [0.4, 0.5) is 5.82 Å². The summed E-state index contributed by atoms with van der Waals surface area (Å²) in [6.07, 6.45) is 3.04. The number of halogens is 1. The first-order valence-corrected chi connectivity index (χ1v) is 9.81. The van der Waals surface area contributed by atoms with Gasteiger partial charge in [-0.15, -0.1) is 0 Å². The molecule has 0 aliphatic carbocycles. The van der Waals surface area contributed by atoms with Crippen molar-refractivity contribution < 1.29 is 0 Å². The van der Waals surface area contributed by atoms with E-state index in [-0.39, 0.29) is 25.1 Å². The van der Waals surface area contributed by atoms with Crippen LogP contribution < -0.4 is 10.9 Å². The Morgan fingerprint density at radius 1 is 1.06 bits per heavy atom. The second kappa shape index (κ2) is 8.41. The van der Waals surface area contributed by atoms with Crippen LogP contribution in [0.25, 0.3) is 27.6 Å². The molecule has 5 rings (SSSR count). The highest BCUT2D eigenvalue weighted by atomic mass is 35.5. The van der Waals surface area contributed by atoms with Crippen LogP contribution in [-0.4, -0.2) is 24.5 Å². The number of nitrogens with one attached hydrogen (secondary N) is 2. The van der Waals surface area contributed by atoms with E-state index in [1.165, 1.54) is 6.33 Å². The Hall–Kier alpha value is -3.36. The summed E-state index contributed by atoms with van der Waals surface area (Å²) in [6, 6.07) is 16.7. The third-order valence-corrected chi connectivity index (χ3v) is 5.37. The molecule has 0 amide bonds. The molecule has 0 spiro atoms. The number of nitrogens with zero attached hydrogens (tertiary/aromatic N) is 4. The Kier molecular flexibility index (Phi) is 5.67. The first kappa shape index (κ1) is 20.9. The highest BCUT2D eigenvalue weighted by molar-refractivity contribution is 7.59. The molecule has 2 aromatic carbocycles. The fourth-order valence-electron chi connectivity index (χ4n) is 3.66. The zero-order chi connectivity index (χ0) is 20.7. The third kappa shape index (κ3) is 3.64. The molecule has 1 atom stereocenters. The van der Waals surface area contributed by atoms with E-state index in [2.05, 4.69) is 25.3 Å². The summed E-state index contributed by atoms with van der Waals surface area (Å²) in [4.78, 5) is 29.2. The molecule has 3 aromatic heterocycles. The monoisotopic (exact) mass is 450 g/mol. The van der Waals surface area contributed by atoms with Gasteiger partial charge in [0.15, 0.2) is 11.5 Å². The molecule has 0 aliphatic heterocycles. The number of anilines is 1. The number of pyridine rings is 1. The number of aromatic amines is 1. The van der Waals surface area contributed by atoms with E-state index >= 15 is 0 Å². The van der Waals surface area contributed by atoms with Gasteiger partial charge in [-0.1, -0.05) is 41.9 Å². The lowest BCUT2D eigenvalue weighted by Crippen LogP contribution is -2.25. The fraction of sp³-hybridized carbons (Fsp3) is 0.0909. The molecular weight excluding hydrogens is 432 g/mol. The molecular formula is C22H19ClN6OS. The number of hydrogen-bond donors (Lipinski definition) is 2. The molecule has 2 N–H and O–H groups in total. The first-order valence-electron chi connectivity index (χ1n) is 9.43. The van der Waals surface area contributed by atoms with Gasteiger partial charge in [-0.2, -0.15) is 13.5 Å². The Bertz CT molecular complexity index is 1430. The number of rotatable bonds is 4. The fourth-order valence-corrected chi connectivity index (χ4v) is 3.92. The molecule has 156 valence electrons. The lowest BCUT2D eigenvalue weighted by Gasteiger charge is -2.21. The van der Waals surface area contributed by atoms with Crippen LogP contribution in [0.15, 0.2) is 72.0 Å². The molecule has 0 aliphatic rings. The summed E-state index contributed by atoms with van der Waals surface area (Å²) in [5, 5.41) is 5.11. The van der Waals surface area contributed by atoms with E-state index in [1.54, 1.807) is 17.0 Å². The van der Waals surface area contributed by atoms with Crippen LogP contribution in [0.2, 0.25) is 5.02 Å². The lowest BCUT2D eigenvalue weighted by atomic mass is 10.1. The second-order valence-electron chi connectivity index (χ2n) is 6.94. The molecule has 9 heteroatoms. The minimum Gasteiger partial charge on any atom is -0.360 e. The normalized spacial score (nSPS) is 11.9. The van der Waals surface area contributed by atoms with Gasteiger partial charge < -0.3 is 10.3 Å². The van der Waals surface area contributed by atoms with Gasteiger partial charge in [0.2, 0.25) is 0 Å². The average molecular weight is 451 g/mol. The van der Waals surface area contributed by atoms with Crippen LogP contribution in [0.1, 0.15) is 18.7 Å². The predicted molar refractivity (Wildman–Crippen MR) is 129 cm³/mol. The van der Waals surface area contributed by atoms with Gasteiger partial charge in [0, 0.05) is 11.4 Å². The van der Waals surface area contributed by atoms with Crippen molar-refractivity contribution in [1.29, 1.82) is 0 Å². The first-order chi connectivity index (χ1) is 14.6. The van der Waals surface area contributed by atoms with E-state index < -0.39 is 0 Å². The van der Waals surface area contributed by atoms with Crippen LogP contribution in [0.5, 0.6) is 0 Å². The number of H-pyrrole nitrogens is 1. The Labute approximate surface area is 189 Å². The van der Waals surface area contributed by atoms with Gasteiger partial charge in [-0.05, 0) is 36.6 Å². The quantitative estimate of drug-likeness (QED) is 0.418. The number of aromatic nitrogens is 5. The van der Waals surface area contributed by atoms with E-state index in [1.807, 2.05) is 55.5 Å². The van der Waals surface area contributed by atoms with Crippen molar-refractivity contribution >= 4 is 52.9 Å². The van der Waals surface area contributed by atoms with Crippen molar-refractivity contribution in [2.45, 2.75) is 13.0 Å². The van der Waals surface area contributed by atoms with E-state index in [4.69, 9.17) is 11.6 Å². The number of imidazole rings is 1. The number of benzene rings is 2. The standard InChI is InChI=1S/C22H17ClN6O.H2S/c1-13(28-21-19-20(25-11-24-19)26-12-27-21)17-10-14-6-5-9-16(23)18(14)22(30)29(17)15-7-3-2-4-8-15;/h2-13H,1H3,(H2,24,25,26,27,28);1H2/t13-;/m0./s1. The smallest absolute Gasteiger partial charge is 0.264 e. The van der Waals surface area contributed by atoms with Gasteiger partial charge in [-0.25, -0.2) is 15.0 Å². The lowest BCUT2D eigenvalue weighted by molar-refractivity contribution is 0.774. The van der Waals surface area contributed by atoms with Crippen molar-refractivity contribution in [1.82, 2.24) is 24.5 Å². The van der Waals surface area contributed by atoms with Crippen molar-refractivity contribution in [3.05, 3.63) is 88.3 Å². The van der Waals surface area contributed by atoms with Gasteiger partial charge >= 0.3 is 0 Å². The third-order valence-electron chi connectivity index (χ3n) is 5.06. The van der Waals surface area contributed by atoms with Crippen molar-refractivity contribution in [3.8, 4) is 5.69 Å². The molecule has 0 bridgehead atoms. The van der Waals surface area contributed by atoms with Crippen molar-refractivity contribution in [3.63, 3.8) is 0 Å². The van der Waals surface area contributed by atoms with E-state index in [9.17, 15) is 4.79 Å². The summed E-state index contributed by atoms with van der Waals surface area (Å²) < 4.78 is 1.69. The summed E-state index contributed by atoms with van der Waals surface area (Å²) in [5.74, 6) is 0.614. The highest BCUT2D eigenvalue weighted by Gasteiger charge is 2.19. The average Bonchev–Trinajstić information content (AvgIpc) is 3.24. The Balaban J connectivity index is 0.00000231. The highest BCUT2D eigenvalue weighted by Crippen LogP contribution is 2.27. The van der Waals surface area contributed by atoms with Crippen LogP contribution >= 0.6 is 25.1 Å². The predicted octanol–water partition coefficient (Wildman–Crippen LogP) is 4.60. The molecule has 0 saturated carbocycles. The molecule has 0 fully saturated rings. The van der Waals surface area contributed by atoms with Gasteiger partial charge in [0.25, 0.3) is 5.56 Å². The molecule has 0 radical (unpaired) electrons. The van der Waals surface area contributed by atoms with Crippen LogP contribution in [-0.2, 0) is 0 Å². The number of hydrogen-bond acceptors (Lipinski definition) is 5. The van der Waals surface area contributed by atoms with E-state index in [0.29, 0.717) is 27.4 Å². The summed E-state index contributed by atoms with van der Waals surface area (Å²) in [7, 11) is 0. The summed E-state index contributed by atoms with van der Waals surface area (Å²) in [5.41, 5.74) is 2.67. The molecule has 7 nitrogen and oxygen atoms in total. The maximum atomic E-state index is 13.5. The zero-order valence-electron chi connectivity index (χ0n) is 16.5. The van der Waals surface area contributed by atoms with Gasteiger partial charge in [0.1, 0.15) is 11.8 Å². The topological polar surface area (TPSA) is 88.5 Å². The van der Waals surface area contributed by atoms with Crippen LogP contribution in [0, 0.1) is 0 Å². The van der Waals surface area contributed by atoms with Gasteiger partial charge in [0.05, 0.1) is 22.8 Å². The van der Waals surface area contributed by atoms with Crippen LogP contribution in [0.3, 0.4) is 0 Å². The van der Waals surface area contributed by atoms with Crippen molar-refractivity contribution in [2.24, 2.45) is 0 Å². The summed E-state index contributed by atoms with van der Waals surface area (Å²) in [6.45, 7) is 1.98.